The van der Waals surface area contributed by atoms with Gasteiger partial charge in [-0.2, -0.15) is 0 Å². The quantitative estimate of drug-likeness (QED) is 0.807. The average molecular weight is 254 g/mol. The number of rotatable bonds is 5. The van der Waals surface area contributed by atoms with Gasteiger partial charge in [0.15, 0.2) is 0 Å². The van der Waals surface area contributed by atoms with Gasteiger partial charge in [0.2, 0.25) is 0 Å². The summed E-state index contributed by atoms with van der Waals surface area (Å²) >= 11 is 0. The molecule has 18 heavy (non-hydrogen) atoms. The maximum atomic E-state index is 3.70. The van der Waals surface area contributed by atoms with Crippen LogP contribution in [0.3, 0.4) is 0 Å². The van der Waals surface area contributed by atoms with Crippen LogP contribution in [0.15, 0.2) is 0 Å². The van der Waals surface area contributed by atoms with Crippen molar-refractivity contribution in [1.82, 2.24) is 10.2 Å². The van der Waals surface area contributed by atoms with E-state index in [1.807, 2.05) is 0 Å². The van der Waals surface area contributed by atoms with E-state index in [0.29, 0.717) is 0 Å². The van der Waals surface area contributed by atoms with E-state index in [1.54, 1.807) is 0 Å². The van der Waals surface area contributed by atoms with Crippen molar-refractivity contribution in [2.75, 3.05) is 19.6 Å². The fourth-order valence-corrected chi connectivity index (χ4v) is 2.85. The molecule has 0 aromatic rings. The number of hydrogen-bond acceptors (Lipinski definition) is 2. The van der Waals surface area contributed by atoms with Gasteiger partial charge in [-0.25, -0.2) is 0 Å². The second-order valence-electron chi connectivity index (χ2n) is 6.72. The Hall–Kier alpha value is -0.0800. The van der Waals surface area contributed by atoms with Gasteiger partial charge >= 0.3 is 0 Å². The molecule has 0 amide bonds. The number of nitrogens with one attached hydrogen (secondary N) is 1. The Morgan fingerprint density at radius 1 is 1.22 bits per heavy atom. The molecule has 0 saturated carbocycles. The number of nitrogens with zero attached hydrogens (tertiary/aromatic N) is 1. The fraction of sp³-hybridized carbons (Fsp3) is 1.00. The SMILES string of the molecule is CCC1CCN(C(C)CCC(C)C)CC(C)CN1. The van der Waals surface area contributed by atoms with Gasteiger partial charge in [-0.15, -0.1) is 0 Å². The summed E-state index contributed by atoms with van der Waals surface area (Å²) in [5.74, 6) is 1.62. The van der Waals surface area contributed by atoms with Crippen LogP contribution < -0.4 is 5.32 Å². The first-order valence-electron chi connectivity index (χ1n) is 8.00. The zero-order valence-corrected chi connectivity index (χ0v) is 13.2. The van der Waals surface area contributed by atoms with E-state index in [4.69, 9.17) is 0 Å². The van der Waals surface area contributed by atoms with Crippen molar-refractivity contribution in [1.29, 1.82) is 0 Å². The van der Waals surface area contributed by atoms with Crippen molar-refractivity contribution in [3.63, 3.8) is 0 Å². The highest BCUT2D eigenvalue weighted by Crippen LogP contribution is 2.16. The molecule has 1 heterocycles. The highest BCUT2D eigenvalue weighted by molar-refractivity contribution is 4.78. The largest absolute Gasteiger partial charge is 0.314 e. The summed E-state index contributed by atoms with van der Waals surface area (Å²) in [4.78, 5) is 2.73. The highest BCUT2D eigenvalue weighted by atomic mass is 15.2. The van der Waals surface area contributed by atoms with Crippen molar-refractivity contribution >= 4 is 0 Å². The fourth-order valence-electron chi connectivity index (χ4n) is 2.85. The van der Waals surface area contributed by atoms with Crippen LogP contribution in [0.4, 0.5) is 0 Å². The van der Waals surface area contributed by atoms with E-state index in [1.165, 1.54) is 45.3 Å². The Morgan fingerprint density at radius 3 is 2.56 bits per heavy atom. The maximum Gasteiger partial charge on any atom is 0.00767 e. The minimum Gasteiger partial charge on any atom is -0.314 e. The lowest BCUT2D eigenvalue weighted by Gasteiger charge is -2.36. The van der Waals surface area contributed by atoms with Gasteiger partial charge < -0.3 is 10.2 Å². The Kier molecular flexibility index (Phi) is 7.25. The third-order valence-corrected chi connectivity index (χ3v) is 4.34. The zero-order valence-electron chi connectivity index (χ0n) is 13.2. The molecule has 1 saturated heterocycles. The second-order valence-corrected chi connectivity index (χ2v) is 6.72. The van der Waals surface area contributed by atoms with Gasteiger partial charge in [-0.1, -0.05) is 27.7 Å². The lowest BCUT2D eigenvalue weighted by atomic mass is 9.99. The van der Waals surface area contributed by atoms with Crippen molar-refractivity contribution < 1.29 is 0 Å². The van der Waals surface area contributed by atoms with Gasteiger partial charge in [0.05, 0.1) is 0 Å². The summed E-state index contributed by atoms with van der Waals surface area (Å²) < 4.78 is 0. The molecule has 108 valence electrons. The minimum atomic E-state index is 0.729. The van der Waals surface area contributed by atoms with Crippen LogP contribution in [0.5, 0.6) is 0 Å². The Morgan fingerprint density at radius 2 is 1.94 bits per heavy atom. The standard InChI is InChI=1S/C16H34N2/c1-6-16-9-10-18(12-14(4)11-17-16)15(5)8-7-13(2)3/h13-17H,6-12H2,1-5H3. The molecule has 1 fully saturated rings. The molecular formula is C16H34N2. The first kappa shape index (κ1) is 16.0. The molecule has 2 heteroatoms. The van der Waals surface area contributed by atoms with E-state index in [2.05, 4.69) is 44.8 Å². The van der Waals surface area contributed by atoms with Crippen molar-refractivity contribution in [3.8, 4) is 0 Å². The Labute approximate surface area is 115 Å². The van der Waals surface area contributed by atoms with Gasteiger partial charge in [0.25, 0.3) is 0 Å². The van der Waals surface area contributed by atoms with Crippen LogP contribution >= 0.6 is 0 Å². The van der Waals surface area contributed by atoms with Crippen LogP contribution in [-0.2, 0) is 0 Å². The van der Waals surface area contributed by atoms with E-state index < -0.39 is 0 Å². The summed E-state index contributed by atoms with van der Waals surface area (Å²) in [5, 5.41) is 3.70. The van der Waals surface area contributed by atoms with Crippen LogP contribution in [0.1, 0.15) is 60.3 Å². The van der Waals surface area contributed by atoms with Crippen LogP contribution in [0, 0.1) is 11.8 Å². The summed E-state index contributed by atoms with van der Waals surface area (Å²) in [6.07, 6.45) is 5.30. The van der Waals surface area contributed by atoms with Gasteiger partial charge in [0, 0.05) is 18.6 Å². The molecular weight excluding hydrogens is 220 g/mol. The Bertz CT molecular complexity index is 215. The van der Waals surface area contributed by atoms with E-state index >= 15 is 0 Å². The zero-order chi connectivity index (χ0) is 13.5. The van der Waals surface area contributed by atoms with E-state index in [9.17, 15) is 0 Å². The van der Waals surface area contributed by atoms with Gasteiger partial charge in [-0.05, 0) is 57.5 Å². The predicted molar refractivity (Wildman–Crippen MR) is 81.0 cm³/mol. The maximum absolute atomic E-state index is 3.70. The highest BCUT2D eigenvalue weighted by Gasteiger charge is 2.21. The molecule has 0 bridgehead atoms. The van der Waals surface area contributed by atoms with E-state index in [-0.39, 0.29) is 0 Å². The van der Waals surface area contributed by atoms with Gasteiger partial charge in [-0.3, -0.25) is 0 Å². The lowest BCUT2D eigenvalue weighted by molar-refractivity contribution is 0.143. The molecule has 3 unspecified atom stereocenters. The number of hydrogen-bond donors (Lipinski definition) is 1. The summed E-state index contributed by atoms with van der Waals surface area (Å²) in [6.45, 7) is 15.5. The van der Waals surface area contributed by atoms with Crippen molar-refractivity contribution in [3.05, 3.63) is 0 Å². The van der Waals surface area contributed by atoms with E-state index in [0.717, 1.165) is 23.9 Å². The monoisotopic (exact) mass is 254 g/mol. The summed E-state index contributed by atoms with van der Waals surface area (Å²) in [5.41, 5.74) is 0. The molecule has 2 nitrogen and oxygen atoms in total. The first-order chi connectivity index (χ1) is 8.52. The van der Waals surface area contributed by atoms with Crippen molar-refractivity contribution in [2.45, 2.75) is 72.4 Å². The molecule has 0 aliphatic carbocycles. The van der Waals surface area contributed by atoms with Crippen LogP contribution in [0.2, 0.25) is 0 Å². The third kappa shape index (κ3) is 5.71. The smallest absolute Gasteiger partial charge is 0.00767 e. The average Bonchev–Trinajstić information content (AvgIpc) is 2.31. The summed E-state index contributed by atoms with van der Waals surface area (Å²) in [7, 11) is 0. The second kappa shape index (κ2) is 8.16. The molecule has 0 radical (unpaired) electrons. The molecule has 1 N–H and O–H groups in total. The molecule has 3 atom stereocenters. The molecule has 1 aliphatic heterocycles. The topological polar surface area (TPSA) is 15.3 Å². The molecule has 0 aromatic heterocycles. The minimum absolute atomic E-state index is 0.729. The van der Waals surface area contributed by atoms with Gasteiger partial charge in [0.1, 0.15) is 0 Å². The molecule has 1 rings (SSSR count). The van der Waals surface area contributed by atoms with Crippen LogP contribution in [0.25, 0.3) is 0 Å². The summed E-state index contributed by atoms with van der Waals surface area (Å²) in [6, 6.07) is 1.48. The molecule has 1 aliphatic rings. The Balaban J connectivity index is 2.45. The lowest BCUT2D eigenvalue weighted by Crippen LogP contribution is -2.46. The normalized spacial score (nSPS) is 29.0. The molecule has 0 spiro atoms. The molecule has 0 aromatic carbocycles. The van der Waals surface area contributed by atoms with Crippen LogP contribution in [-0.4, -0.2) is 36.6 Å². The predicted octanol–water partition coefficient (Wildman–Crippen LogP) is 3.52. The van der Waals surface area contributed by atoms with Crippen molar-refractivity contribution in [2.24, 2.45) is 11.8 Å². The third-order valence-electron chi connectivity index (χ3n) is 4.34. The first-order valence-corrected chi connectivity index (χ1v) is 8.00.